The molecule has 0 amide bonds. The summed E-state index contributed by atoms with van der Waals surface area (Å²) < 4.78 is 86.8. The standard InChI is InChI=1S/C32H37ClF5N7O2/c1-43(2)9-5-11-45-27-22-26(41-29(42-27)47-17-31-8-4-10-44(31)15-18(34)14-31)24(35)25(40-28(22)46-16-30(45)6-3-7-30)20-12-19(39)13-21(33)23(20)32(36,37)38/h12-13,18H,3-11,14-17,39H2,1-2H3/t18-,31+/m1/s1. The fraction of sp³-hybridized carbons (Fsp3) is 0.594. The molecule has 15 heteroatoms. The van der Waals surface area contributed by atoms with Crippen molar-refractivity contribution in [2.24, 2.45) is 0 Å². The van der Waals surface area contributed by atoms with Crippen LogP contribution < -0.4 is 20.1 Å². The number of hydrogen-bond acceptors (Lipinski definition) is 9. The lowest BCUT2D eigenvalue weighted by atomic mass is 9.75. The summed E-state index contributed by atoms with van der Waals surface area (Å²) in [5.41, 5.74) is 1.97. The van der Waals surface area contributed by atoms with Crippen molar-refractivity contribution in [3.05, 3.63) is 28.5 Å². The van der Waals surface area contributed by atoms with Crippen molar-refractivity contribution in [1.82, 2.24) is 24.8 Å². The van der Waals surface area contributed by atoms with Crippen LogP contribution >= 0.6 is 11.6 Å². The van der Waals surface area contributed by atoms with Crippen molar-refractivity contribution in [3.63, 3.8) is 0 Å². The molecule has 0 bridgehead atoms. The van der Waals surface area contributed by atoms with Gasteiger partial charge in [-0.2, -0.15) is 23.1 Å². The molecule has 1 saturated carbocycles. The molecule has 0 unspecified atom stereocenters. The first-order valence-electron chi connectivity index (χ1n) is 16.0. The minimum atomic E-state index is -4.94. The summed E-state index contributed by atoms with van der Waals surface area (Å²) in [7, 11) is 3.95. The Labute approximate surface area is 274 Å². The highest BCUT2D eigenvalue weighted by molar-refractivity contribution is 6.32. The number of halogens is 6. The number of aromatic nitrogens is 3. The monoisotopic (exact) mass is 681 g/mol. The highest BCUT2D eigenvalue weighted by Crippen LogP contribution is 2.50. The molecule has 9 nitrogen and oxygen atoms in total. The summed E-state index contributed by atoms with van der Waals surface area (Å²) in [4.78, 5) is 19.9. The van der Waals surface area contributed by atoms with Gasteiger partial charge >= 0.3 is 12.2 Å². The quantitative estimate of drug-likeness (QED) is 0.223. The lowest BCUT2D eigenvalue weighted by Crippen LogP contribution is -2.58. The lowest BCUT2D eigenvalue weighted by molar-refractivity contribution is -0.137. The second-order valence-electron chi connectivity index (χ2n) is 13.6. The topological polar surface area (TPSA) is 92.9 Å². The SMILES string of the molecule is CN(C)CCCN1c2nc(OC[C@@]34CCCN3C[C@H](F)C4)nc3c(F)c(-c4cc(N)cc(Cl)c4C(F)(F)F)nc(c23)OCC12CCC2. The van der Waals surface area contributed by atoms with E-state index in [0.29, 0.717) is 25.3 Å². The fourth-order valence-electron chi connectivity index (χ4n) is 7.79. The molecule has 254 valence electrons. The van der Waals surface area contributed by atoms with E-state index in [1.807, 2.05) is 14.1 Å². The molecule has 47 heavy (non-hydrogen) atoms. The van der Waals surface area contributed by atoms with Gasteiger partial charge in [0.25, 0.3) is 0 Å². The molecule has 2 aromatic heterocycles. The zero-order valence-corrected chi connectivity index (χ0v) is 27.0. The van der Waals surface area contributed by atoms with Crippen LogP contribution in [0.25, 0.3) is 22.2 Å². The third-order valence-electron chi connectivity index (χ3n) is 10.2. The van der Waals surface area contributed by atoms with Crippen molar-refractivity contribution in [2.45, 2.75) is 68.4 Å². The minimum Gasteiger partial charge on any atom is -0.475 e. The van der Waals surface area contributed by atoms with Gasteiger partial charge in [0.1, 0.15) is 41.8 Å². The van der Waals surface area contributed by atoms with Crippen molar-refractivity contribution in [3.8, 4) is 23.1 Å². The van der Waals surface area contributed by atoms with Gasteiger partial charge in [0.2, 0.25) is 5.88 Å². The molecule has 0 radical (unpaired) electrons. The molecular weight excluding hydrogens is 645 g/mol. The number of pyridine rings is 1. The van der Waals surface area contributed by atoms with Gasteiger partial charge in [0.15, 0.2) is 5.82 Å². The zero-order valence-electron chi connectivity index (χ0n) is 26.3. The Kier molecular flexibility index (Phi) is 8.07. The van der Waals surface area contributed by atoms with E-state index in [1.54, 1.807) is 0 Å². The largest absolute Gasteiger partial charge is 0.475 e. The van der Waals surface area contributed by atoms with E-state index < -0.39 is 51.1 Å². The summed E-state index contributed by atoms with van der Waals surface area (Å²) in [6.07, 6.45) is -0.723. The summed E-state index contributed by atoms with van der Waals surface area (Å²) in [5.74, 6) is -0.843. The Morgan fingerprint density at radius 3 is 2.64 bits per heavy atom. The number of nitrogens with two attached hydrogens (primary N) is 1. The Morgan fingerprint density at radius 2 is 1.94 bits per heavy atom. The maximum Gasteiger partial charge on any atom is 0.418 e. The number of anilines is 2. The van der Waals surface area contributed by atoms with Gasteiger partial charge in [-0.3, -0.25) is 4.90 Å². The van der Waals surface area contributed by atoms with Crippen LogP contribution in [0.5, 0.6) is 11.9 Å². The third kappa shape index (κ3) is 5.59. The molecule has 2 saturated heterocycles. The van der Waals surface area contributed by atoms with Crippen LogP contribution in [-0.2, 0) is 6.18 Å². The van der Waals surface area contributed by atoms with Crippen LogP contribution in [0, 0.1) is 5.82 Å². The minimum absolute atomic E-state index is 0.0809. The second-order valence-corrected chi connectivity index (χ2v) is 14.0. The summed E-state index contributed by atoms with van der Waals surface area (Å²) in [6, 6.07) is 1.82. The highest BCUT2D eigenvalue weighted by atomic mass is 35.5. The number of nitrogen functional groups attached to an aromatic ring is 1. The van der Waals surface area contributed by atoms with Crippen molar-refractivity contribution in [2.75, 3.05) is 64.1 Å². The van der Waals surface area contributed by atoms with Gasteiger partial charge in [0.05, 0.1) is 21.7 Å². The molecule has 1 aromatic carbocycles. The molecule has 3 aliphatic heterocycles. The normalized spacial score (nSPS) is 23.7. The van der Waals surface area contributed by atoms with E-state index >= 15 is 4.39 Å². The van der Waals surface area contributed by atoms with Crippen molar-refractivity contribution < 1.29 is 31.4 Å². The molecular formula is C32H37ClF5N7O2. The molecule has 7 rings (SSSR count). The van der Waals surface area contributed by atoms with E-state index in [1.165, 1.54) is 0 Å². The van der Waals surface area contributed by atoms with Gasteiger partial charge in [-0.15, -0.1) is 0 Å². The Morgan fingerprint density at radius 1 is 1.15 bits per heavy atom. The summed E-state index contributed by atoms with van der Waals surface area (Å²) in [6.45, 7) is 2.68. The number of hydrogen-bond donors (Lipinski definition) is 1. The number of fused-ring (bicyclic) bond motifs is 1. The maximum atomic E-state index is 16.8. The zero-order chi connectivity index (χ0) is 33.3. The van der Waals surface area contributed by atoms with Crippen LogP contribution in [-0.4, -0.2) is 95.5 Å². The van der Waals surface area contributed by atoms with E-state index in [0.717, 1.165) is 63.7 Å². The van der Waals surface area contributed by atoms with Crippen LogP contribution in [0.4, 0.5) is 33.5 Å². The van der Waals surface area contributed by atoms with Crippen molar-refractivity contribution >= 4 is 34.0 Å². The number of alkyl halides is 4. The van der Waals surface area contributed by atoms with E-state index in [4.69, 9.17) is 31.8 Å². The Balaban J connectivity index is 1.41. The van der Waals surface area contributed by atoms with E-state index in [-0.39, 0.29) is 41.7 Å². The van der Waals surface area contributed by atoms with Gasteiger partial charge in [-0.25, -0.2) is 13.8 Å². The first-order valence-corrected chi connectivity index (χ1v) is 16.3. The number of benzene rings is 1. The first-order chi connectivity index (χ1) is 22.3. The number of nitrogens with zero attached hydrogens (tertiary/aromatic N) is 6. The fourth-order valence-corrected chi connectivity index (χ4v) is 8.12. The first kappa shape index (κ1) is 32.3. The molecule has 1 aliphatic carbocycles. The van der Waals surface area contributed by atoms with Gasteiger partial charge < -0.3 is 25.0 Å². The van der Waals surface area contributed by atoms with E-state index in [2.05, 4.69) is 24.7 Å². The van der Waals surface area contributed by atoms with Gasteiger partial charge in [-0.1, -0.05) is 11.6 Å². The molecule has 4 aliphatic rings. The van der Waals surface area contributed by atoms with Gasteiger partial charge in [0, 0.05) is 30.8 Å². The average Bonchev–Trinajstić information content (AvgIpc) is 3.44. The molecule has 3 fully saturated rings. The third-order valence-corrected chi connectivity index (χ3v) is 10.5. The van der Waals surface area contributed by atoms with Crippen LogP contribution in [0.1, 0.15) is 50.5 Å². The number of rotatable bonds is 8. The predicted octanol–water partition coefficient (Wildman–Crippen LogP) is 6.11. The average molecular weight is 682 g/mol. The summed E-state index contributed by atoms with van der Waals surface area (Å²) in [5, 5.41) is -0.530. The highest BCUT2D eigenvalue weighted by Gasteiger charge is 2.50. The molecule has 3 aromatic rings. The smallest absolute Gasteiger partial charge is 0.418 e. The molecule has 2 N–H and O–H groups in total. The summed E-state index contributed by atoms with van der Waals surface area (Å²) >= 11 is 6.04. The number of ether oxygens (including phenoxy) is 2. The lowest BCUT2D eigenvalue weighted by Gasteiger charge is -2.49. The molecule has 2 atom stereocenters. The van der Waals surface area contributed by atoms with Gasteiger partial charge in [-0.05, 0) is 77.8 Å². The van der Waals surface area contributed by atoms with E-state index in [9.17, 15) is 17.6 Å². The Bertz CT molecular complexity index is 1710. The molecule has 1 spiro atoms. The van der Waals surface area contributed by atoms with Crippen LogP contribution in [0.3, 0.4) is 0 Å². The Hall–Kier alpha value is -3.23. The molecule has 5 heterocycles. The predicted molar refractivity (Wildman–Crippen MR) is 168 cm³/mol. The second kappa shape index (κ2) is 11.7. The van der Waals surface area contributed by atoms with Crippen LogP contribution in [0.2, 0.25) is 5.02 Å². The van der Waals surface area contributed by atoms with Crippen molar-refractivity contribution in [1.29, 1.82) is 0 Å². The van der Waals surface area contributed by atoms with Crippen LogP contribution in [0.15, 0.2) is 12.1 Å². The maximum absolute atomic E-state index is 16.8.